The van der Waals surface area contributed by atoms with Crippen LogP contribution in [-0.4, -0.2) is 11.0 Å². The van der Waals surface area contributed by atoms with Crippen LogP contribution in [0.1, 0.15) is 12.6 Å². The summed E-state index contributed by atoms with van der Waals surface area (Å²) in [6, 6.07) is 3.11. The SMILES string of the molecule is CC(=O)OCc1cc(Cl)cc(Cl)n1. The van der Waals surface area contributed by atoms with Crippen molar-refractivity contribution in [2.75, 3.05) is 0 Å². The zero-order valence-electron chi connectivity index (χ0n) is 6.88. The number of rotatable bonds is 2. The molecule has 0 N–H and O–H groups in total. The first-order chi connectivity index (χ1) is 6.08. The van der Waals surface area contributed by atoms with Crippen molar-refractivity contribution < 1.29 is 9.53 Å². The predicted molar refractivity (Wildman–Crippen MR) is 49.7 cm³/mol. The monoisotopic (exact) mass is 219 g/mol. The van der Waals surface area contributed by atoms with Crippen LogP contribution >= 0.6 is 23.2 Å². The van der Waals surface area contributed by atoms with Crippen LogP contribution in [0.5, 0.6) is 0 Å². The lowest BCUT2D eigenvalue weighted by atomic mass is 10.4. The summed E-state index contributed by atoms with van der Waals surface area (Å²) < 4.78 is 4.72. The molecule has 0 radical (unpaired) electrons. The smallest absolute Gasteiger partial charge is 0.303 e. The van der Waals surface area contributed by atoms with Gasteiger partial charge in [0, 0.05) is 11.9 Å². The fourth-order valence-corrected chi connectivity index (χ4v) is 1.28. The molecule has 5 heteroatoms. The number of carbonyl (C=O) groups excluding carboxylic acids is 1. The molecule has 0 bridgehead atoms. The van der Waals surface area contributed by atoms with Crippen molar-refractivity contribution in [3.8, 4) is 0 Å². The molecule has 0 spiro atoms. The van der Waals surface area contributed by atoms with Gasteiger partial charge in [-0.15, -0.1) is 0 Å². The second-order valence-corrected chi connectivity index (χ2v) is 3.20. The van der Waals surface area contributed by atoms with Crippen molar-refractivity contribution >= 4 is 29.2 Å². The van der Waals surface area contributed by atoms with E-state index in [1.54, 1.807) is 6.07 Å². The number of carbonyl (C=O) groups is 1. The molecule has 0 atom stereocenters. The molecule has 0 aliphatic rings. The number of hydrogen-bond acceptors (Lipinski definition) is 3. The van der Waals surface area contributed by atoms with Crippen molar-refractivity contribution in [1.82, 2.24) is 4.98 Å². The number of aromatic nitrogens is 1. The first-order valence-corrected chi connectivity index (χ1v) is 4.29. The van der Waals surface area contributed by atoms with Gasteiger partial charge in [-0.1, -0.05) is 23.2 Å². The number of nitrogens with zero attached hydrogens (tertiary/aromatic N) is 1. The Bertz CT molecular complexity index is 308. The first kappa shape index (κ1) is 10.3. The lowest BCUT2D eigenvalue weighted by molar-refractivity contribution is -0.142. The van der Waals surface area contributed by atoms with E-state index in [9.17, 15) is 4.79 Å². The summed E-state index contributed by atoms with van der Waals surface area (Å²) in [4.78, 5) is 14.4. The Morgan fingerprint density at radius 3 is 2.77 bits per heavy atom. The molecule has 0 unspecified atom stereocenters. The molecule has 70 valence electrons. The molecule has 0 aromatic carbocycles. The third kappa shape index (κ3) is 3.61. The highest BCUT2D eigenvalue weighted by atomic mass is 35.5. The summed E-state index contributed by atoms with van der Waals surface area (Å²) in [6.07, 6.45) is 0. The molecule has 0 fully saturated rings. The van der Waals surface area contributed by atoms with Gasteiger partial charge in [0.1, 0.15) is 11.8 Å². The first-order valence-electron chi connectivity index (χ1n) is 3.53. The summed E-state index contributed by atoms with van der Waals surface area (Å²) >= 11 is 11.3. The van der Waals surface area contributed by atoms with Crippen LogP contribution in [0.2, 0.25) is 10.2 Å². The molecule has 0 aliphatic heterocycles. The van der Waals surface area contributed by atoms with Gasteiger partial charge in [-0.3, -0.25) is 4.79 Å². The number of pyridine rings is 1. The fourth-order valence-electron chi connectivity index (χ4n) is 0.766. The topological polar surface area (TPSA) is 39.2 Å². The summed E-state index contributed by atoms with van der Waals surface area (Å²) in [5.74, 6) is -0.363. The quantitative estimate of drug-likeness (QED) is 0.567. The van der Waals surface area contributed by atoms with E-state index in [1.165, 1.54) is 13.0 Å². The Morgan fingerprint density at radius 2 is 2.23 bits per heavy atom. The van der Waals surface area contributed by atoms with Crippen molar-refractivity contribution in [2.45, 2.75) is 13.5 Å². The number of esters is 1. The van der Waals surface area contributed by atoms with E-state index in [0.717, 1.165) is 0 Å². The molecule has 0 saturated heterocycles. The standard InChI is InChI=1S/C8H7Cl2NO2/c1-5(12)13-4-7-2-6(9)3-8(10)11-7/h2-3H,4H2,1H3. The average molecular weight is 220 g/mol. The van der Waals surface area contributed by atoms with E-state index >= 15 is 0 Å². The van der Waals surface area contributed by atoms with Crippen molar-refractivity contribution in [2.24, 2.45) is 0 Å². The third-order valence-corrected chi connectivity index (χ3v) is 1.65. The molecule has 0 saturated carbocycles. The van der Waals surface area contributed by atoms with Crippen molar-refractivity contribution in [3.63, 3.8) is 0 Å². The number of ether oxygens (including phenoxy) is 1. The summed E-state index contributed by atoms with van der Waals surface area (Å²) in [6.45, 7) is 1.42. The van der Waals surface area contributed by atoms with Crippen LogP contribution in [0.3, 0.4) is 0 Å². The molecule has 1 aromatic heterocycles. The molecule has 0 aliphatic carbocycles. The zero-order chi connectivity index (χ0) is 9.84. The molecule has 3 nitrogen and oxygen atoms in total. The van der Waals surface area contributed by atoms with Crippen LogP contribution in [-0.2, 0) is 16.1 Å². The molecule has 13 heavy (non-hydrogen) atoms. The van der Waals surface area contributed by atoms with Gasteiger partial charge >= 0.3 is 5.97 Å². The lowest BCUT2D eigenvalue weighted by Crippen LogP contribution is -2.00. The Labute approximate surface area is 85.6 Å². The van der Waals surface area contributed by atoms with Gasteiger partial charge in [-0.05, 0) is 12.1 Å². The molecule has 0 amide bonds. The molecule has 1 rings (SSSR count). The summed E-state index contributed by atoms with van der Waals surface area (Å²) in [7, 11) is 0. The van der Waals surface area contributed by atoms with Gasteiger partial charge in [0.05, 0.1) is 5.69 Å². The molecule has 1 aromatic rings. The minimum absolute atomic E-state index is 0.0929. The van der Waals surface area contributed by atoms with E-state index in [1.807, 2.05) is 0 Å². The van der Waals surface area contributed by atoms with E-state index in [-0.39, 0.29) is 17.7 Å². The highest BCUT2D eigenvalue weighted by Crippen LogP contribution is 2.15. The van der Waals surface area contributed by atoms with E-state index < -0.39 is 0 Å². The highest BCUT2D eigenvalue weighted by molar-refractivity contribution is 6.33. The Kier molecular flexibility index (Phi) is 3.51. The van der Waals surface area contributed by atoms with E-state index in [2.05, 4.69) is 4.98 Å². The lowest BCUT2D eigenvalue weighted by Gasteiger charge is -2.02. The minimum atomic E-state index is -0.363. The van der Waals surface area contributed by atoms with E-state index in [4.69, 9.17) is 27.9 Å². The summed E-state index contributed by atoms with van der Waals surface area (Å²) in [5.41, 5.74) is 0.535. The van der Waals surface area contributed by atoms with Crippen molar-refractivity contribution in [1.29, 1.82) is 0 Å². The second kappa shape index (κ2) is 4.44. The third-order valence-electron chi connectivity index (χ3n) is 1.24. The largest absolute Gasteiger partial charge is 0.459 e. The van der Waals surface area contributed by atoms with Gasteiger partial charge in [0.2, 0.25) is 0 Å². The number of halogens is 2. The van der Waals surface area contributed by atoms with Crippen LogP contribution in [0.25, 0.3) is 0 Å². The highest BCUT2D eigenvalue weighted by Gasteiger charge is 2.01. The zero-order valence-corrected chi connectivity index (χ0v) is 8.39. The minimum Gasteiger partial charge on any atom is -0.459 e. The average Bonchev–Trinajstić information content (AvgIpc) is 1.99. The van der Waals surface area contributed by atoms with Gasteiger partial charge in [-0.2, -0.15) is 0 Å². The molecular weight excluding hydrogens is 213 g/mol. The maximum absolute atomic E-state index is 10.5. The Balaban J connectivity index is 2.71. The van der Waals surface area contributed by atoms with Gasteiger partial charge in [0.25, 0.3) is 0 Å². The summed E-state index contributed by atoms with van der Waals surface area (Å²) in [5, 5.41) is 0.761. The Morgan fingerprint density at radius 1 is 1.54 bits per heavy atom. The van der Waals surface area contributed by atoms with Crippen molar-refractivity contribution in [3.05, 3.63) is 28.0 Å². The van der Waals surface area contributed by atoms with Gasteiger partial charge < -0.3 is 4.74 Å². The van der Waals surface area contributed by atoms with Crippen LogP contribution in [0.4, 0.5) is 0 Å². The maximum atomic E-state index is 10.5. The molecular formula is C8H7Cl2NO2. The predicted octanol–water partition coefficient (Wildman–Crippen LogP) is 2.45. The fraction of sp³-hybridized carbons (Fsp3) is 0.250. The maximum Gasteiger partial charge on any atom is 0.303 e. The van der Waals surface area contributed by atoms with E-state index in [0.29, 0.717) is 10.7 Å². The van der Waals surface area contributed by atoms with Crippen LogP contribution in [0.15, 0.2) is 12.1 Å². The van der Waals surface area contributed by atoms with Crippen LogP contribution in [0, 0.1) is 0 Å². The van der Waals surface area contributed by atoms with Gasteiger partial charge in [0.15, 0.2) is 0 Å². The number of hydrogen-bond donors (Lipinski definition) is 0. The second-order valence-electron chi connectivity index (χ2n) is 2.38. The Hall–Kier alpha value is -0.800. The van der Waals surface area contributed by atoms with Gasteiger partial charge in [-0.25, -0.2) is 4.98 Å². The van der Waals surface area contributed by atoms with Crippen LogP contribution < -0.4 is 0 Å². The normalized spacial score (nSPS) is 9.77. The molecule has 1 heterocycles.